The summed E-state index contributed by atoms with van der Waals surface area (Å²) in [7, 11) is 1.84. The summed E-state index contributed by atoms with van der Waals surface area (Å²) in [5.74, 6) is 1.47. The maximum absolute atomic E-state index is 13.0. The molecule has 26 heavy (non-hydrogen) atoms. The Kier molecular flexibility index (Phi) is 5.66. The molecule has 0 fully saturated rings. The quantitative estimate of drug-likeness (QED) is 0.798. The molecule has 0 saturated heterocycles. The Morgan fingerprint density at radius 1 is 1.31 bits per heavy atom. The van der Waals surface area contributed by atoms with Crippen LogP contribution in [0, 0.1) is 6.92 Å². The van der Waals surface area contributed by atoms with Gasteiger partial charge in [-0.25, -0.2) is 9.97 Å². The van der Waals surface area contributed by atoms with Crippen LogP contribution in [0.4, 0.5) is 5.82 Å². The van der Waals surface area contributed by atoms with E-state index >= 15 is 0 Å². The molecule has 1 unspecified atom stereocenters. The predicted octanol–water partition coefficient (Wildman–Crippen LogP) is 4.06. The van der Waals surface area contributed by atoms with Gasteiger partial charge in [-0.15, -0.1) is 0 Å². The number of amides is 1. The number of aromatic nitrogens is 2. The average Bonchev–Trinajstić information content (AvgIpc) is 3.13. The van der Waals surface area contributed by atoms with Crippen LogP contribution >= 0.6 is 0 Å². The molecule has 1 atom stereocenters. The molecule has 1 amide bonds. The summed E-state index contributed by atoms with van der Waals surface area (Å²) in [6.07, 6.45) is 7.53. The molecule has 1 aliphatic heterocycles. The fourth-order valence-electron chi connectivity index (χ4n) is 3.25. The number of nitrogens with zero attached hydrogens (tertiary/aromatic N) is 3. The van der Waals surface area contributed by atoms with E-state index in [2.05, 4.69) is 34.4 Å². The Morgan fingerprint density at radius 2 is 2.15 bits per heavy atom. The van der Waals surface area contributed by atoms with Crippen molar-refractivity contribution >= 4 is 11.7 Å². The molecule has 5 nitrogen and oxygen atoms in total. The van der Waals surface area contributed by atoms with Crippen LogP contribution in [0.3, 0.4) is 0 Å². The molecule has 2 heterocycles. The van der Waals surface area contributed by atoms with Crippen LogP contribution in [-0.4, -0.2) is 40.4 Å². The highest BCUT2D eigenvalue weighted by Crippen LogP contribution is 2.23. The van der Waals surface area contributed by atoms with Crippen LogP contribution in [0.15, 0.2) is 42.5 Å². The molecular weight excluding hydrogens is 324 g/mol. The summed E-state index contributed by atoms with van der Waals surface area (Å²) >= 11 is 0. The smallest absolute Gasteiger partial charge is 0.254 e. The van der Waals surface area contributed by atoms with Gasteiger partial charge in [0.2, 0.25) is 0 Å². The highest BCUT2D eigenvalue weighted by Gasteiger charge is 2.25. The highest BCUT2D eigenvalue weighted by molar-refractivity contribution is 5.96. The summed E-state index contributed by atoms with van der Waals surface area (Å²) in [5, 5.41) is 3.05. The zero-order valence-electron chi connectivity index (χ0n) is 15.7. The Hall–Kier alpha value is -2.69. The fourth-order valence-corrected chi connectivity index (χ4v) is 3.25. The lowest BCUT2D eigenvalue weighted by Crippen LogP contribution is -2.36. The van der Waals surface area contributed by atoms with Gasteiger partial charge in [0.15, 0.2) is 5.82 Å². The first-order valence-electron chi connectivity index (χ1n) is 9.24. The van der Waals surface area contributed by atoms with E-state index in [-0.39, 0.29) is 11.9 Å². The molecule has 3 rings (SSSR count). The minimum atomic E-state index is 0.0689. The number of hydrogen-bond donors (Lipinski definition) is 1. The minimum absolute atomic E-state index is 0.0689. The predicted molar refractivity (Wildman–Crippen MR) is 105 cm³/mol. The third-order valence-corrected chi connectivity index (χ3v) is 4.65. The van der Waals surface area contributed by atoms with E-state index in [0.29, 0.717) is 17.9 Å². The minimum Gasteiger partial charge on any atom is -0.373 e. The third-order valence-electron chi connectivity index (χ3n) is 4.65. The van der Waals surface area contributed by atoms with Gasteiger partial charge in [0.05, 0.1) is 6.04 Å². The summed E-state index contributed by atoms with van der Waals surface area (Å²) in [6, 6.07) is 9.71. The third kappa shape index (κ3) is 3.93. The van der Waals surface area contributed by atoms with Gasteiger partial charge in [-0.3, -0.25) is 4.79 Å². The van der Waals surface area contributed by atoms with Crippen molar-refractivity contribution < 1.29 is 4.79 Å². The Bertz CT molecular complexity index is 815. The molecule has 2 aromatic rings. The van der Waals surface area contributed by atoms with Crippen molar-refractivity contribution in [3.05, 3.63) is 53.7 Å². The van der Waals surface area contributed by atoms with E-state index in [1.165, 1.54) is 0 Å². The van der Waals surface area contributed by atoms with Crippen LogP contribution < -0.4 is 5.32 Å². The molecule has 0 radical (unpaired) electrons. The zero-order chi connectivity index (χ0) is 18.5. The molecule has 136 valence electrons. The van der Waals surface area contributed by atoms with Crippen LogP contribution in [0.2, 0.25) is 0 Å². The van der Waals surface area contributed by atoms with Crippen molar-refractivity contribution in [2.45, 2.75) is 39.2 Å². The van der Waals surface area contributed by atoms with Gasteiger partial charge in [0, 0.05) is 36.5 Å². The molecule has 0 saturated carbocycles. The number of anilines is 1. The van der Waals surface area contributed by atoms with Gasteiger partial charge in [0.25, 0.3) is 5.91 Å². The van der Waals surface area contributed by atoms with Crippen molar-refractivity contribution in [3.63, 3.8) is 0 Å². The summed E-state index contributed by atoms with van der Waals surface area (Å²) in [5.41, 5.74) is 2.43. The van der Waals surface area contributed by atoms with E-state index in [1.807, 2.05) is 49.2 Å². The zero-order valence-corrected chi connectivity index (χ0v) is 15.7. The average molecular weight is 350 g/mol. The van der Waals surface area contributed by atoms with E-state index in [0.717, 1.165) is 36.3 Å². The fraction of sp³-hybridized carbons (Fsp3) is 0.381. The number of rotatable bonds is 6. The van der Waals surface area contributed by atoms with Gasteiger partial charge >= 0.3 is 0 Å². The first-order chi connectivity index (χ1) is 12.6. The SMILES string of the molecule is CCCCC1C=CCN1C(=O)c1cccc(-c2nc(C)cc(NC)n2)c1. The van der Waals surface area contributed by atoms with Crippen molar-refractivity contribution in [3.8, 4) is 11.4 Å². The molecular formula is C21H26N4O. The van der Waals surface area contributed by atoms with Gasteiger partial charge in [-0.05, 0) is 25.5 Å². The van der Waals surface area contributed by atoms with E-state index in [4.69, 9.17) is 0 Å². The molecule has 0 bridgehead atoms. The largest absolute Gasteiger partial charge is 0.373 e. The lowest BCUT2D eigenvalue weighted by atomic mass is 10.1. The summed E-state index contributed by atoms with van der Waals surface area (Å²) < 4.78 is 0. The van der Waals surface area contributed by atoms with Gasteiger partial charge in [-0.1, -0.05) is 44.1 Å². The molecule has 1 aliphatic rings. The topological polar surface area (TPSA) is 58.1 Å². The molecule has 1 aromatic heterocycles. The molecule has 1 N–H and O–H groups in total. The molecule has 0 aliphatic carbocycles. The highest BCUT2D eigenvalue weighted by atomic mass is 16.2. The lowest BCUT2D eigenvalue weighted by Gasteiger charge is -2.24. The Morgan fingerprint density at radius 3 is 2.92 bits per heavy atom. The number of unbranched alkanes of at least 4 members (excludes halogenated alkanes) is 1. The number of carbonyl (C=O) groups is 1. The van der Waals surface area contributed by atoms with Crippen molar-refractivity contribution in [1.82, 2.24) is 14.9 Å². The monoisotopic (exact) mass is 350 g/mol. The molecule has 1 aromatic carbocycles. The summed E-state index contributed by atoms with van der Waals surface area (Å²) in [6.45, 7) is 4.80. The van der Waals surface area contributed by atoms with Crippen LogP contribution in [-0.2, 0) is 0 Å². The second-order valence-electron chi connectivity index (χ2n) is 6.64. The first kappa shape index (κ1) is 18.1. The molecule has 0 spiro atoms. The van der Waals surface area contributed by atoms with Crippen LogP contribution in [0.5, 0.6) is 0 Å². The standard InChI is InChI=1S/C21H26N4O/c1-4-5-10-18-11-7-12-25(18)21(26)17-9-6-8-16(14-17)20-23-15(2)13-19(22-3)24-20/h6-9,11,13-14,18H,4-5,10,12H2,1-3H3,(H,22,23,24). The first-order valence-corrected chi connectivity index (χ1v) is 9.24. The van der Waals surface area contributed by atoms with Gasteiger partial charge < -0.3 is 10.2 Å². The number of aryl methyl sites for hydroxylation is 1. The Balaban J connectivity index is 1.85. The number of benzene rings is 1. The second-order valence-corrected chi connectivity index (χ2v) is 6.64. The van der Waals surface area contributed by atoms with Crippen LogP contribution in [0.25, 0.3) is 11.4 Å². The van der Waals surface area contributed by atoms with E-state index < -0.39 is 0 Å². The van der Waals surface area contributed by atoms with Crippen LogP contribution in [0.1, 0.15) is 42.2 Å². The number of hydrogen-bond acceptors (Lipinski definition) is 4. The van der Waals surface area contributed by atoms with Gasteiger partial charge in [0.1, 0.15) is 5.82 Å². The van der Waals surface area contributed by atoms with Crippen molar-refractivity contribution in [1.29, 1.82) is 0 Å². The van der Waals surface area contributed by atoms with Crippen molar-refractivity contribution in [2.24, 2.45) is 0 Å². The normalized spacial score (nSPS) is 16.1. The second kappa shape index (κ2) is 8.13. The Labute approximate surface area is 155 Å². The molecule has 5 heteroatoms. The maximum atomic E-state index is 13.0. The summed E-state index contributed by atoms with van der Waals surface area (Å²) in [4.78, 5) is 24.0. The van der Waals surface area contributed by atoms with E-state index in [1.54, 1.807) is 0 Å². The number of nitrogens with one attached hydrogen (secondary N) is 1. The maximum Gasteiger partial charge on any atom is 0.254 e. The van der Waals surface area contributed by atoms with Gasteiger partial charge in [-0.2, -0.15) is 0 Å². The number of carbonyl (C=O) groups excluding carboxylic acids is 1. The lowest BCUT2D eigenvalue weighted by molar-refractivity contribution is 0.0743. The van der Waals surface area contributed by atoms with E-state index in [9.17, 15) is 4.79 Å². The van der Waals surface area contributed by atoms with Crippen molar-refractivity contribution in [2.75, 3.05) is 18.9 Å².